The molecule has 0 bridgehead atoms. The van der Waals surface area contributed by atoms with Gasteiger partial charge in [0.1, 0.15) is 0 Å². The SMILES string of the molecule is Cc1ccc(C)c(CN2CCCC(C3CCCN3)C2)c1. The van der Waals surface area contributed by atoms with Gasteiger partial charge >= 0.3 is 0 Å². The van der Waals surface area contributed by atoms with Crippen LogP contribution in [-0.4, -0.2) is 30.6 Å². The summed E-state index contributed by atoms with van der Waals surface area (Å²) in [6.07, 6.45) is 5.55. The summed E-state index contributed by atoms with van der Waals surface area (Å²) >= 11 is 0. The van der Waals surface area contributed by atoms with Crippen molar-refractivity contribution in [2.24, 2.45) is 5.92 Å². The highest BCUT2D eigenvalue weighted by atomic mass is 15.1. The van der Waals surface area contributed by atoms with E-state index in [1.807, 2.05) is 0 Å². The second-order valence-corrected chi connectivity index (χ2v) is 6.77. The molecule has 1 aromatic rings. The van der Waals surface area contributed by atoms with Gasteiger partial charge in [-0.3, -0.25) is 4.90 Å². The molecular formula is C18H28N2. The summed E-state index contributed by atoms with van der Waals surface area (Å²) in [6.45, 7) is 9.37. The molecule has 0 radical (unpaired) electrons. The van der Waals surface area contributed by atoms with E-state index in [-0.39, 0.29) is 0 Å². The number of benzene rings is 1. The third-order valence-corrected chi connectivity index (χ3v) is 5.11. The Labute approximate surface area is 123 Å². The highest BCUT2D eigenvalue weighted by Crippen LogP contribution is 2.26. The van der Waals surface area contributed by atoms with E-state index in [1.54, 1.807) is 0 Å². The summed E-state index contributed by atoms with van der Waals surface area (Å²) in [5.74, 6) is 0.872. The average Bonchev–Trinajstić information content (AvgIpc) is 2.97. The van der Waals surface area contributed by atoms with Crippen LogP contribution in [0.4, 0.5) is 0 Å². The number of rotatable bonds is 3. The molecule has 2 saturated heterocycles. The van der Waals surface area contributed by atoms with Crippen LogP contribution in [-0.2, 0) is 6.54 Å². The first-order valence-corrected chi connectivity index (χ1v) is 8.24. The van der Waals surface area contributed by atoms with Crippen LogP contribution in [0.5, 0.6) is 0 Å². The molecule has 1 N–H and O–H groups in total. The topological polar surface area (TPSA) is 15.3 Å². The Morgan fingerprint density at radius 3 is 2.90 bits per heavy atom. The number of hydrogen-bond acceptors (Lipinski definition) is 2. The normalized spacial score (nSPS) is 27.9. The van der Waals surface area contributed by atoms with E-state index in [1.165, 1.54) is 62.0 Å². The predicted octanol–water partition coefficient (Wildman–Crippen LogP) is 3.27. The fourth-order valence-electron chi connectivity index (χ4n) is 3.89. The van der Waals surface area contributed by atoms with Crippen LogP contribution in [0.25, 0.3) is 0 Å². The minimum atomic E-state index is 0.788. The van der Waals surface area contributed by atoms with E-state index in [0.29, 0.717) is 0 Å². The lowest BCUT2D eigenvalue weighted by Gasteiger charge is -2.36. The molecular weight excluding hydrogens is 244 g/mol. The number of nitrogens with zero attached hydrogens (tertiary/aromatic N) is 1. The molecule has 2 aliphatic heterocycles. The molecule has 0 saturated carbocycles. The molecule has 2 nitrogen and oxygen atoms in total. The molecule has 0 amide bonds. The number of aryl methyl sites for hydroxylation is 2. The van der Waals surface area contributed by atoms with E-state index in [2.05, 4.69) is 42.3 Å². The highest BCUT2D eigenvalue weighted by Gasteiger charge is 2.28. The van der Waals surface area contributed by atoms with Gasteiger partial charge in [-0.15, -0.1) is 0 Å². The average molecular weight is 272 g/mol. The van der Waals surface area contributed by atoms with E-state index in [0.717, 1.165) is 18.5 Å². The van der Waals surface area contributed by atoms with Crippen LogP contribution < -0.4 is 5.32 Å². The molecule has 3 rings (SSSR count). The van der Waals surface area contributed by atoms with Crippen molar-refractivity contribution in [3.05, 3.63) is 34.9 Å². The molecule has 2 unspecified atom stereocenters. The van der Waals surface area contributed by atoms with Crippen molar-refractivity contribution in [1.82, 2.24) is 10.2 Å². The quantitative estimate of drug-likeness (QED) is 0.908. The second kappa shape index (κ2) is 6.28. The molecule has 0 aromatic heterocycles. The van der Waals surface area contributed by atoms with Crippen LogP contribution in [0, 0.1) is 19.8 Å². The summed E-state index contributed by atoms with van der Waals surface area (Å²) in [4.78, 5) is 2.68. The van der Waals surface area contributed by atoms with Gasteiger partial charge in [-0.1, -0.05) is 23.8 Å². The van der Waals surface area contributed by atoms with Crippen molar-refractivity contribution in [2.45, 2.75) is 52.1 Å². The molecule has 2 aliphatic rings. The zero-order valence-corrected chi connectivity index (χ0v) is 13.0. The van der Waals surface area contributed by atoms with Crippen molar-refractivity contribution in [2.75, 3.05) is 19.6 Å². The molecule has 20 heavy (non-hydrogen) atoms. The van der Waals surface area contributed by atoms with Gasteiger partial charge in [0.15, 0.2) is 0 Å². The monoisotopic (exact) mass is 272 g/mol. The van der Waals surface area contributed by atoms with Crippen molar-refractivity contribution < 1.29 is 0 Å². The lowest BCUT2D eigenvalue weighted by Crippen LogP contribution is -2.43. The number of piperidine rings is 1. The minimum Gasteiger partial charge on any atom is -0.314 e. The number of nitrogens with one attached hydrogen (secondary N) is 1. The summed E-state index contributed by atoms with van der Waals surface area (Å²) in [6, 6.07) is 7.65. The van der Waals surface area contributed by atoms with Gasteiger partial charge in [-0.25, -0.2) is 0 Å². The van der Waals surface area contributed by atoms with Gasteiger partial charge in [0, 0.05) is 19.1 Å². The minimum absolute atomic E-state index is 0.788. The molecule has 0 spiro atoms. The molecule has 2 heteroatoms. The van der Waals surface area contributed by atoms with Crippen LogP contribution in [0.15, 0.2) is 18.2 Å². The zero-order valence-electron chi connectivity index (χ0n) is 13.0. The Kier molecular flexibility index (Phi) is 4.42. The van der Waals surface area contributed by atoms with Crippen LogP contribution in [0.2, 0.25) is 0 Å². The fraction of sp³-hybridized carbons (Fsp3) is 0.667. The summed E-state index contributed by atoms with van der Waals surface area (Å²) in [7, 11) is 0. The van der Waals surface area contributed by atoms with Gasteiger partial charge in [0.05, 0.1) is 0 Å². The molecule has 2 heterocycles. The second-order valence-electron chi connectivity index (χ2n) is 6.77. The smallest absolute Gasteiger partial charge is 0.0236 e. The summed E-state index contributed by atoms with van der Waals surface area (Å²) in [5.41, 5.74) is 4.35. The van der Waals surface area contributed by atoms with Gasteiger partial charge in [-0.05, 0) is 69.7 Å². The fourth-order valence-corrected chi connectivity index (χ4v) is 3.89. The third-order valence-electron chi connectivity index (χ3n) is 5.11. The van der Waals surface area contributed by atoms with Crippen LogP contribution in [0.1, 0.15) is 42.4 Å². The maximum absolute atomic E-state index is 3.70. The van der Waals surface area contributed by atoms with Gasteiger partial charge in [0.2, 0.25) is 0 Å². The Balaban J connectivity index is 1.63. The predicted molar refractivity (Wildman–Crippen MR) is 84.9 cm³/mol. The first-order valence-electron chi connectivity index (χ1n) is 8.24. The Morgan fingerprint density at radius 1 is 1.20 bits per heavy atom. The van der Waals surface area contributed by atoms with E-state index in [4.69, 9.17) is 0 Å². The standard InChI is InChI=1S/C18H28N2/c1-14-7-8-15(2)17(11-14)13-20-10-4-5-16(12-20)18-6-3-9-19-18/h7-8,11,16,18-19H,3-6,9-10,12-13H2,1-2H3. The van der Waals surface area contributed by atoms with E-state index < -0.39 is 0 Å². The Bertz CT molecular complexity index is 449. The Hall–Kier alpha value is -0.860. The maximum atomic E-state index is 3.70. The van der Waals surface area contributed by atoms with Crippen molar-refractivity contribution in [3.63, 3.8) is 0 Å². The molecule has 2 fully saturated rings. The highest BCUT2D eigenvalue weighted by molar-refractivity contribution is 5.30. The molecule has 2 atom stereocenters. The third kappa shape index (κ3) is 3.24. The van der Waals surface area contributed by atoms with Gasteiger partial charge in [0.25, 0.3) is 0 Å². The van der Waals surface area contributed by atoms with Crippen molar-refractivity contribution in [3.8, 4) is 0 Å². The van der Waals surface area contributed by atoms with E-state index >= 15 is 0 Å². The van der Waals surface area contributed by atoms with Crippen molar-refractivity contribution >= 4 is 0 Å². The van der Waals surface area contributed by atoms with E-state index in [9.17, 15) is 0 Å². The van der Waals surface area contributed by atoms with Crippen molar-refractivity contribution in [1.29, 1.82) is 0 Å². The Morgan fingerprint density at radius 2 is 2.10 bits per heavy atom. The summed E-state index contributed by atoms with van der Waals surface area (Å²) < 4.78 is 0. The maximum Gasteiger partial charge on any atom is 0.0236 e. The van der Waals surface area contributed by atoms with Gasteiger partial charge in [-0.2, -0.15) is 0 Å². The van der Waals surface area contributed by atoms with Gasteiger partial charge < -0.3 is 5.32 Å². The zero-order chi connectivity index (χ0) is 13.9. The molecule has 0 aliphatic carbocycles. The first-order chi connectivity index (χ1) is 9.72. The van der Waals surface area contributed by atoms with Crippen LogP contribution in [0.3, 0.4) is 0 Å². The molecule has 110 valence electrons. The summed E-state index contributed by atoms with van der Waals surface area (Å²) in [5, 5.41) is 3.70. The number of likely N-dealkylation sites (tertiary alicyclic amines) is 1. The largest absolute Gasteiger partial charge is 0.314 e. The first kappa shape index (κ1) is 14.1. The number of hydrogen-bond donors (Lipinski definition) is 1. The lowest BCUT2D eigenvalue weighted by molar-refractivity contribution is 0.145. The lowest BCUT2D eigenvalue weighted by atomic mass is 9.89. The van der Waals surface area contributed by atoms with Crippen LogP contribution >= 0.6 is 0 Å². The molecule has 1 aromatic carbocycles.